The van der Waals surface area contributed by atoms with Gasteiger partial charge in [-0.25, -0.2) is 4.79 Å². The Kier molecular flexibility index (Phi) is 5.40. The van der Waals surface area contributed by atoms with Crippen molar-refractivity contribution in [2.24, 2.45) is 5.92 Å². The fourth-order valence-corrected chi connectivity index (χ4v) is 2.15. The second kappa shape index (κ2) is 7.48. The Hall–Kier alpha value is -2.77. The van der Waals surface area contributed by atoms with Crippen LogP contribution in [0.15, 0.2) is 30.6 Å². The number of carbonyl (C=O) groups is 2. The van der Waals surface area contributed by atoms with Crippen molar-refractivity contribution in [3.63, 3.8) is 0 Å². The van der Waals surface area contributed by atoms with Crippen LogP contribution in [-0.4, -0.2) is 45.2 Å². The molecule has 2 aromatic rings. The first kappa shape index (κ1) is 16.6. The Morgan fingerprint density at radius 3 is 2.70 bits per heavy atom. The second-order valence-corrected chi connectivity index (χ2v) is 5.13. The van der Waals surface area contributed by atoms with Gasteiger partial charge < -0.3 is 10.1 Å². The highest BCUT2D eigenvalue weighted by Gasteiger charge is 2.28. The summed E-state index contributed by atoms with van der Waals surface area (Å²) in [5.41, 5.74) is 0.903. The van der Waals surface area contributed by atoms with Crippen LogP contribution in [0.2, 0.25) is 0 Å². The number of aromatic nitrogens is 4. The van der Waals surface area contributed by atoms with E-state index in [9.17, 15) is 9.59 Å². The van der Waals surface area contributed by atoms with Gasteiger partial charge in [-0.05, 0) is 28.5 Å². The predicted molar refractivity (Wildman–Crippen MR) is 81.9 cm³/mol. The zero-order valence-electron chi connectivity index (χ0n) is 13.3. The topological polar surface area (TPSA) is 99.0 Å². The Balaban J connectivity index is 2.28. The minimum absolute atomic E-state index is 0.0494. The first-order valence-electron chi connectivity index (χ1n) is 7.29. The number of esters is 1. The second-order valence-electron chi connectivity index (χ2n) is 5.13. The summed E-state index contributed by atoms with van der Waals surface area (Å²) in [5.74, 6) is -0.897. The quantitative estimate of drug-likeness (QED) is 0.797. The van der Waals surface area contributed by atoms with E-state index in [4.69, 9.17) is 4.74 Å². The van der Waals surface area contributed by atoms with E-state index >= 15 is 0 Å². The van der Waals surface area contributed by atoms with Crippen LogP contribution >= 0.6 is 0 Å². The van der Waals surface area contributed by atoms with Gasteiger partial charge in [0.2, 0.25) is 0 Å². The highest BCUT2D eigenvalue weighted by atomic mass is 16.5. The summed E-state index contributed by atoms with van der Waals surface area (Å²) in [6, 6.07) is 6.18. The fraction of sp³-hybridized carbons (Fsp3) is 0.400. The Labute approximate surface area is 133 Å². The number of methoxy groups -OCH3 is 1. The fourth-order valence-electron chi connectivity index (χ4n) is 2.15. The Morgan fingerprint density at radius 2 is 2.09 bits per heavy atom. The lowest BCUT2D eigenvalue weighted by Gasteiger charge is -2.22. The van der Waals surface area contributed by atoms with Gasteiger partial charge in [-0.2, -0.15) is 4.68 Å². The standard InChI is InChI=1S/C15H19N5O3/c1-4-10(2)13(15(22)23-3)17-14(21)11-7-5-6-8-12(11)20-9-16-18-19-20/h5-10,13H,4H2,1-3H3,(H,17,21)/t10-,13+/m1/s1. The molecule has 0 aliphatic carbocycles. The van der Waals surface area contributed by atoms with Gasteiger partial charge in [-0.3, -0.25) is 4.79 Å². The lowest BCUT2D eigenvalue weighted by atomic mass is 9.98. The molecule has 0 saturated heterocycles. The number of benzene rings is 1. The zero-order valence-corrected chi connectivity index (χ0v) is 13.3. The van der Waals surface area contributed by atoms with E-state index in [-0.39, 0.29) is 11.8 Å². The van der Waals surface area contributed by atoms with Crippen molar-refractivity contribution in [2.45, 2.75) is 26.3 Å². The molecule has 1 N–H and O–H groups in total. The molecule has 2 atom stereocenters. The Bertz CT molecular complexity index is 672. The number of nitrogens with zero attached hydrogens (tertiary/aromatic N) is 4. The largest absolute Gasteiger partial charge is 0.467 e. The van der Waals surface area contributed by atoms with Crippen LogP contribution in [0.5, 0.6) is 0 Å². The van der Waals surface area contributed by atoms with Crippen molar-refractivity contribution >= 4 is 11.9 Å². The molecular weight excluding hydrogens is 298 g/mol. The molecule has 0 fully saturated rings. The maximum Gasteiger partial charge on any atom is 0.328 e. The summed E-state index contributed by atoms with van der Waals surface area (Å²) >= 11 is 0. The summed E-state index contributed by atoms with van der Waals surface area (Å²) in [5, 5.41) is 13.7. The van der Waals surface area contributed by atoms with Gasteiger partial charge in [0.15, 0.2) is 0 Å². The molecule has 1 amide bonds. The SMILES string of the molecule is CC[C@@H](C)[C@H](NC(=O)c1ccccc1-n1cnnn1)C(=O)OC. The predicted octanol–water partition coefficient (Wildman–Crippen LogP) is 0.980. The first-order chi connectivity index (χ1) is 11.1. The van der Waals surface area contributed by atoms with Crippen LogP contribution < -0.4 is 5.32 Å². The molecule has 0 bridgehead atoms. The summed E-state index contributed by atoms with van der Waals surface area (Å²) in [6.45, 7) is 3.83. The summed E-state index contributed by atoms with van der Waals surface area (Å²) in [7, 11) is 1.30. The molecule has 23 heavy (non-hydrogen) atoms. The zero-order chi connectivity index (χ0) is 16.8. The van der Waals surface area contributed by atoms with Gasteiger partial charge >= 0.3 is 5.97 Å². The molecule has 1 aromatic heterocycles. The van der Waals surface area contributed by atoms with Gasteiger partial charge in [-0.1, -0.05) is 32.4 Å². The molecule has 0 saturated carbocycles. The van der Waals surface area contributed by atoms with Crippen LogP contribution in [0.25, 0.3) is 5.69 Å². The molecular formula is C15H19N5O3. The van der Waals surface area contributed by atoms with Crippen LogP contribution in [-0.2, 0) is 9.53 Å². The van der Waals surface area contributed by atoms with Crippen LogP contribution in [0, 0.1) is 5.92 Å². The number of tetrazole rings is 1. The smallest absolute Gasteiger partial charge is 0.328 e. The van der Waals surface area contributed by atoms with E-state index in [0.717, 1.165) is 6.42 Å². The molecule has 0 unspecified atom stereocenters. The highest BCUT2D eigenvalue weighted by Crippen LogP contribution is 2.15. The lowest BCUT2D eigenvalue weighted by molar-refractivity contribution is -0.144. The number of hydrogen-bond donors (Lipinski definition) is 1. The number of carbonyl (C=O) groups excluding carboxylic acids is 2. The molecule has 0 spiro atoms. The molecule has 1 aromatic carbocycles. The molecule has 8 heteroatoms. The van der Waals surface area contributed by atoms with Crippen molar-refractivity contribution in [2.75, 3.05) is 7.11 Å². The number of rotatable bonds is 6. The maximum atomic E-state index is 12.6. The minimum atomic E-state index is -0.709. The number of ether oxygens (including phenoxy) is 1. The molecule has 0 aliphatic heterocycles. The third-order valence-corrected chi connectivity index (χ3v) is 3.70. The average Bonchev–Trinajstić information content (AvgIpc) is 3.12. The van der Waals surface area contributed by atoms with Crippen molar-refractivity contribution < 1.29 is 14.3 Å². The van der Waals surface area contributed by atoms with Gasteiger partial charge in [0.1, 0.15) is 12.4 Å². The number of hydrogen-bond acceptors (Lipinski definition) is 6. The highest BCUT2D eigenvalue weighted by molar-refractivity contribution is 5.99. The van der Waals surface area contributed by atoms with Crippen LogP contribution in [0.4, 0.5) is 0 Å². The average molecular weight is 317 g/mol. The van der Waals surface area contributed by atoms with E-state index in [1.165, 1.54) is 18.1 Å². The third-order valence-electron chi connectivity index (χ3n) is 3.70. The van der Waals surface area contributed by atoms with Gasteiger partial charge in [0.05, 0.1) is 18.4 Å². The molecule has 0 aliphatic rings. The lowest BCUT2D eigenvalue weighted by Crippen LogP contribution is -2.45. The third kappa shape index (κ3) is 3.71. The number of nitrogens with one attached hydrogen (secondary N) is 1. The molecule has 122 valence electrons. The van der Waals surface area contributed by atoms with E-state index in [1.54, 1.807) is 24.3 Å². The number of amides is 1. The monoisotopic (exact) mass is 317 g/mol. The van der Waals surface area contributed by atoms with Crippen molar-refractivity contribution in [3.05, 3.63) is 36.2 Å². The Morgan fingerprint density at radius 1 is 1.35 bits per heavy atom. The molecule has 2 rings (SSSR count). The normalized spacial score (nSPS) is 13.2. The molecule has 1 heterocycles. The van der Waals surface area contributed by atoms with Gasteiger partial charge in [0.25, 0.3) is 5.91 Å². The molecule has 8 nitrogen and oxygen atoms in total. The van der Waals surface area contributed by atoms with E-state index < -0.39 is 12.0 Å². The van der Waals surface area contributed by atoms with Gasteiger partial charge in [0, 0.05) is 0 Å². The summed E-state index contributed by atoms with van der Waals surface area (Å²) in [6.07, 6.45) is 2.13. The van der Waals surface area contributed by atoms with Crippen LogP contribution in [0.3, 0.4) is 0 Å². The van der Waals surface area contributed by atoms with Crippen LogP contribution in [0.1, 0.15) is 30.6 Å². The summed E-state index contributed by atoms with van der Waals surface area (Å²) in [4.78, 5) is 24.5. The van der Waals surface area contributed by atoms with Crippen molar-refractivity contribution in [1.29, 1.82) is 0 Å². The number of para-hydroxylation sites is 1. The minimum Gasteiger partial charge on any atom is -0.467 e. The van der Waals surface area contributed by atoms with Crippen molar-refractivity contribution in [3.8, 4) is 5.69 Å². The summed E-state index contributed by atoms with van der Waals surface area (Å²) < 4.78 is 6.18. The van der Waals surface area contributed by atoms with Crippen molar-refractivity contribution in [1.82, 2.24) is 25.5 Å². The van der Waals surface area contributed by atoms with E-state index in [2.05, 4.69) is 20.8 Å². The van der Waals surface area contributed by atoms with Gasteiger partial charge in [-0.15, -0.1) is 5.10 Å². The maximum absolute atomic E-state index is 12.6. The molecule has 0 radical (unpaired) electrons. The van der Waals surface area contributed by atoms with E-state index in [0.29, 0.717) is 11.3 Å². The first-order valence-corrected chi connectivity index (χ1v) is 7.29. The van der Waals surface area contributed by atoms with E-state index in [1.807, 2.05) is 13.8 Å².